The number of benzene rings is 1. The SMILES string of the molecule is O=C(O)OC(=O)c1ccccc1O.[H-].[H-].[Mg+2]. The standard InChI is InChI=1S/C8H6O5.Mg.2H/c9-6-4-2-1-3-5(6)7(10)13-8(11)12;;;/h1-4,9H,(H,11,12);;;/q;+2;2*-1. The van der Waals surface area contributed by atoms with Crippen molar-refractivity contribution in [1.29, 1.82) is 0 Å². The minimum absolute atomic E-state index is 0. The van der Waals surface area contributed by atoms with Crippen molar-refractivity contribution < 1.29 is 27.4 Å². The van der Waals surface area contributed by atoms with Gasteiger partial charge in [-0.3, -0.25) is 0 Å². The van der Waals surface area contributed by atoms with E-state index in [1.165, 1.54) is 24.3 Å². The zero-order valence-electron chi connectivity index (χ0n) is 9.14. The third-order valence-electron chi connectivity index (χ3n) is 1.30. The van der Waals surface area contributed by atoms with Crippen LogP contribution in [-0.4, -0.2) is 45.4 Å². The molecular weight excluding hydrogens is 200 g/mol. The van der Waals surface area contributed by atoms with E-state index in [1.807, 2.05) is 0 Å². The van der Waals surface area contributed by atoms with Gasteiger partial charge in [0, 0.05) is 0 Å². The molecule has 1 aromatic rings. The molecule has 5 nitrogen and oxygen atoms in total. The van der Waals surface area contributed by atoms with Crippen LogP contribution < -0.4 is 0 Å². The molecule has 0 bridgehead atoms. The molecule has 0 spiro atoms. The normalized spacial score (nSPS) is 8.57. The maximum atomic E-state index is 10.9. The quantitative estimate of drug-likeness (QED) is 0.410. The number of carbonyl (C=O) groups excluding carboxylic acids is 1. The van der Waals surface area contributed by atoms with Gasteiger partial charge in [-0.1, -0.05) is 12.1 Å². The fraction of sp³-hybridized carbons (Fsp3) is 0. The number of carboxylic acid groups (broad SMARTS) is 1. The van der Waals surface area contributed by atoms with E-state index in [-0.39, 0.29) is 37.2 Å². The Balaban J connectivity index is -0.000000563. The smallest absolute Gasteiger partial charge is 1.00 e. The van der Waals surface area contributed by atoms with Gasteiger partial charge in [0.15, 0.2) is 0 Å². The second kappa shape index (κ2) is 5.46. The Kier molecular flexibility index (Phi) is 4.96. The first-order valence-corrected chi connectivity index (χ1v) is 3.34. The van der Waals surface area contributed by atoms with E-state index >= 15 is 0 Å². The van der Waals surface area contributed by atoms with Crippen LogP contribution in [0.25, 0.3) is 0 Å². The van der Waals surface area contributed by atoms with Gasteiger partial charge in [0.05, 0.1) is 0 Å². The fourth-order valence-electron chi connectivity index (χ4n) is 0.781. The van der Waals surface area contributed by atoms with E-state index in [0.29, 0.717) is 0 Å². The molecule has 2 N–H and O–H groups in total. The minimum Gasteiger partial charge on any atom is -1.00 e. The molecule has 0 fully saturated rings. The molecule has 0 atom stereocenters. The van der Waals surface area contributed by atoms with Crippen LogP contribution in [0.1, 0.15) is 13.2 Å². The first kappa shape index (κ1) is 12.7. The molecule has 0 aliphatic rings. The molecular formula is C8H8MgO5. The van der Waals surface area contributed by atoms with Gasteiger partial charge in [-0.05, 0) is 12.1 Å². The molecule has 14 heavy (non-hydrogen) atoms. The van der Waals surface area contributed by atoms with Crippen molar-refractivity contribution >= 4 is 35.2 Å². The van der Waals surface area contributed by atoms with Crippen LogP contribution in [0.15, 0.2) is 24.3 Å². The summed E-state index contributed by atoms with van der Waals surface area (Å²) in [6.45, 7) is 0. The van der Waals surface area contributed by atoms with Crippen LogP contribution in [0.4, 0.5) is 4.79 Å². The van der Waals surface area contributed by atoms with Crippen molar-refractivity contribution in [3.8, 4) is 5.75 Å². The number of phenols is 1. The summed E-state index contributed by atoms with van der Waals surface area (Å²) in [5, 5.41) is 17.2. The van der Waals surface area contributed by atoms with Crippen molar-refractivity contribution in [2.45, 2.75) is 0 Å². The Morgan fingerprint density at radius 1 is 1.29 bits per heavy atom. The van der Waals surface area contributed by atoms with Gasteiger partial charge in [0.2, 0.25) is 0 Å². The largest absolute Gasteiger partial charge is 2.00 e. The molecule has 0 amide bonds. The summed E-state index contributed by atoms with van der Waals surface area (Å²) in [6, 6.07) is 5.52. The summed E-state index contributed by atoms with van der Waals surface area (Å²) in [6.07, 6.45) is -1.70. The van der Waals surface area contributed by atoms with Gasteiger partial charge < -0.3 is 17.8 Å². The van der Waals surface area contributed by atoms with Crippen LogP contribution in [0.5, 0.6) is 5.75 Å². The van der Waals surface area contributed by atoms with E-state index < -0.39 is 12.1 Å². The number of aromatic hydroxyl groups is 1. The zero-order chi connectivity index (χ0) is 9.84. The molecule has 72 valence electrons. The average molecular weight is 208 g/mol. The Morgan fingerprint density at radius 2 is 1.86 bits per heavy atom. The van der Waals surface area contributed by atoms with Gasteiger partial charge in [-0.25, -0.2) is 9.59 Å². The number of ether oxygens (including phenoxy) is 1. The van der Waals surface area contributed by atoms with E-state index in [0.717, 1.165) is 0 Å². The third-order valence-corrected chi connectivity index (χ3v) is 1.30. The summed E-state index contributed by atoms with van der Waals surface area (Å²) in [5.74, 6) is -1.40. The molecule has 1 aromatic carbocycles. The summed E-state index contributed by atoms with van der Waals surface area (Å²) < 4.78 is 3.83. The molecule has 0 unspecified atom stereocenters. The second-order valence-electron chi connectivity index (χ2n) is 2.17. The molecule has 0 saturated heterocycles. The number of hydrogen-bond acceptors (Lipinski definition) is 4. The summed E-state index contributed by atoms with van der Waals surface area (Å²) in [4.78, 5) is 20.9. The van der Waals surface area contributed by atoms with Crippen molar-refractivity contribution in [3.05, 3.63) is 29.8 Å². The summed E-state index contributed by atoms with van der Waals surface area (Å²) >= 11 is 0. The third kappa shape index (κ3) is 3.23. The number of hydrogen-bond donors (Lipinski definition) is 2. The van der Waals surface area contributed by atoms with Crippen LogP contribution in [0, 0.1) is 0 Å². The monoisotopic (exact) mass is 208 g/mol. The van der Waals surface area contributed by atoms with Gasteiger partial charge in [0.25, 0.3) is 0 Å². The van der Waals surface area contributed by atoms with Crippen molar-refractivity contribution in [2.24, 2.45) is 0 Å². The topological polar surface area (TPSA) is 83.8 Å². The maximum absolute atomic E-state index is 10.9. The van der Waals surface area contributed by atoms with Crippen LogP contribution >= 0.6 is 0 Å². The number of para-hydroxylation sites is 1. The maximum Gasteiger partial charge on any atom is 2.00 e. The fourth-order valence-corrected chi connectivity index (χ4v) is 0.781. The summed E-state index contributed by atoms with van der Waals surface area (Å²) in [7, 11) is 0. The van der Waals surface area contributed by atoms with Gasteiger partial charge in [-0.2, -0.15) is 0 Å². The Bertz CT molecular complexity index is 358. The van der Waals surface area contributed by atoms with Crippen molar-refractivity contribution in [3.63, 3.8) is 0 Å². The van der Waals surface area contributed by atoms with Gasteiger partial charge in [0.1, 0.15) is 11.3 Å². The molecule has 0 aromatic heterocycles. The molecule has 0 saturated carbocycles. The zero-order valence-corrected chi connectivity index (χ0v) is 8.55. The van der Waals surface area contributed by atoms with E-state index in [4.69, 9.17) is 10.2 Å². The predicted molar refractivity (Wildman–Crippen MR) is 49.5 cm³/mol. The number of esters is 1. The minimum atomic E-state index is -1.70. The molecule has 0 aliphatic heterocycles. The van der Waals surface area contributed by atoms with E-state index in [2.05, 4.69) is 4.74 Å². The number of rotatable bonds is 1. The van der Waals surface area contributed by atoms with Gasteiger partial charge in [-0.15, -0.1) is 0 Å². The second-order valence-corrected chi connectivity index (χ2v) is 2.17. The molecule has 6 heteroatoms. The average Bonchev–Trinajstić information content (AvgIpc) is 2.03. The molecule has 0 aliphatic carbocycles. The number of phenolic OH excluding ortho intramolecular Hbond substituents is 1. The number of carbonyl (C=O) groups is 2. The Labute approximate surface area is 98.4 Å². The Hall–Kier alpha value is -1.27. The van der Waals surface area contributed by atoms with Crippen molar-refractivity contribution in [1.82, 2.24) is 0 Å². The molecule has 0 heterocycles. The summed E-state index contributed by atoms with van der Waals surface area (Å²) in [5.41, 5.74) is -0.176. The molecule has 0 radical (unpaired) electrons. The van der Waals surface area contributed by atoms with Crippen LogP contribution in [-0.2, 0) is 4.74 Å². The van der Waals surface area contributed by atoms with Crippen LogP contribution in [0.3, 0.4) is 0 Å². The first-order chi connectivity index (χ1) is 6.11. The van der Waals surface area contributed by atoms with Crippen LogP contribution in [0.2, 0.25) is 0 Å². The predicted octanol–water partition coefficient (Wildman–Crippen LogP) is 1.07. The van der Waals surface area contributed by atoms with E-state index in [9.17, 15) is 9.59 Å². The van der Waals surface area contributed by atoms with Crippen molar-refractivity contribution in [2.75, 3.05) is 0 Å². The van der Waals surface area contributed by atoms with E-state index in [1.54, 1.807) is 0 Å². The molecule has 1 rings (SSSR count). The first-order valence-electron chi connectivity index (χ1n) is 3.34. The Morgan fingerprint density at radius 3 is 2.36 bits per heavy atom. The van der Waals surface area contributed by atoms with Gasteiger partial charge >= 0.3 is 35.2 Å².